The molecule has 6 nitrogen and oxygen atoms in total. The van der Waals surface area contributed by atoms with Crippen LogP contribution in [0, 0.1) is 0 Å². The van der Waals surface area contributed by atoms with Gasteiger partial charge < -0.3 is 15.1 Å². The van der Waals surface area contributed by atoms with Crippen molar-refractivity contribution in [3.63, 3.8) is 0 Å². The van der Waals surface area contributed by atoms with Gasteiger partial charge in [0.15, 0.2) is 0 Å². The van der Waals surface area contributed by atoms with Gasteiger partial charge in [0.05, 0.1) is 0 Å². The molecule has 1 aliphatic heterocycles. The van der Waals surface area contributed by atoms with Crippen molar-refractivity contribution >= 4 is 17.7 Å². The van der Waals surface area contributed by atoms with E-state index >= 15 is 0 Å². The molecule has 6 heteroatoms. The fourth-order valence-electron chi connectivity index (χ4n) is 3.26. The van der Waals surface area contributed by atoms with Crippen molar-refractivity contribution < 1.29 is 14.4 Å². The molecule has 0 bridgehead atoms. The van der Waals surface area contributed by atoms with Gasteiger partial charge in [-0.15, -0.1) is 0 Å². The summed E-state index contributed by atoms with van der Waals surface area (Å²) in [5, 5.41) is 2.71. The van der Waals surface area contributed by atoms with Gasteiger partial charge in [0.2, 0.25) is 17.7 Å². The minimum Gasteiger partial charge on any atom is -0.356 e. The Labute approximate surface area is 155 Å². The van der Waals surface area contributed by atoms with Crippen molar-refractivity contribution in [1.29, 1.82) is 0 Å². The molecule has 1 aromatic rings. The second-order valence-electron chi connectivity index (χ2n) is 6.75. The van der Waals surface area contributed by atoms with Crippen LogP contribution in [0.1, 0.15) is 45.1 Å². The smallest absolute Gasteiger partial charge is 0.224 e. The van der Waals surface area contributed by atoms with Crippen molar-refractivity contribution in [1.82, 2.24) is 15.1 Å². The van der Waals surface area contributed by atoms with Gasteiger partial charge in [0.25, 0.3) is 0 Å². The first-order chi connectivity index (χ1) is 12.5. The third kappa shape index (κ3) is 5.86. The summed E-state index contributed by atoms with van der Waals surface area (Å²) >= 11 is 0. The van der Waals surface area contributed by atoms with Crippen LogP contribution in [0.25, 0.3) is 0 Å². The van der Waals surface area contributed by atoms with Crippen molar-refractivity contribution in [2.24, 2.45) is 0 Å². The maximum absolute atomic E-state index is 12.6. The fourth-order valence-corrected chi connectivity index (χ4v) is 3.26. The molecule has 142 valence electrons. The van der Waals surface area contributed by atoms with E-state index < -0.39 is 0 Å². The Hall–Kier alpha value is -2.37. The molecule has 0 aliphatic carbocycles. The summed E-state index contributed by atoms with van der Waals surface area (Å²) in [5.74, 6) is 0.0813. The monoisotopic (exact) mass is 359 g/mol. The second kappa shape index (κ2) is 9.94. The predicted octanol–water partition coefficient (Wildman–Crippen LogP) is 1.94. The maximum atomic E-state index is 12.6. The lowest BCUT2D eigenvalue weighted by atomic mass is 10.1. The molecule has 1 heterocycles. The number of nitrogens with one attached hydrogen (secondary N) is 1. The number of rotatable bonds is 7. The summed E-state index contributed by atoms with van der Waals surface area (Å²) in [6.07, 6.45) is 2.19. The summed E-state index contributed by atoms with van der Waals surface area (Å²) in [4.78, 5) is 39.8. The van der Waals surface area contributed by atoms with Gasteiger partial charge in [-0.05, 0) is 18.4 Å². The number of carbonyl (C=O) groups excluding carboxylic acids is 3. The first-order valence-electron chi connectivity index (χ1n) is 9.36. The summed E-state index contributed by atoms with van der Waals surface area (Å²) < 4.78 is 0. The zero-order chi connectivity index (χ0) is 18.9. The molecule has 0 unspecified atom stereocenters. The number of hydrogen-bond donors (Lipinski definition) is 1. The molecule has 1 fully saturated rings. The van der Waals surface area contributed by atoms with Gasteiger partial charge in [-0.1, -0.05) is 37.3 Å². The average Bonchev–Trinajstić information content (AvgIpc) is 2.79. The van der Waals surface area contributed by atoms with E-state index in [2.05, 4.69) is 12.2 Å². The van der Waals surface area contributed by atoms with E-state index in [1.54, 1.807) is 0 Å². The molecule has 1 atom stereocenters. The van der Waals surface area contributed by atoms with E-state index in [9.17, 15) is 14.4 Å². The van der Waals surface area contributed by atoms with Crippen LogP contribution in [-0.4, -0.2) is 53.2 Å². The molecule has 0 saturated carbocycles. The zero-order valence-electron chi connectivity index (χ0n) is 15.7. The molecule has 1 saturated heterocycles. The van der Waals surface area contributed by atoms with Gasteiger partial charge in [-0.2, -0.15) is 0 Å². The summed E-state index contributed by atoms with van der Waals surface area (Å²) in [5.41, 5.74) is 1.11. The molecule has 1 N–H and O–H groups in total. The summed E-state index contributed by atoms with van der Waals surface area (Å²) in [6.45, 7) is 5.66. The largest absolute Gasteiger partial charge is 0.356 e. The molecule has 0 spiro atoms. The standard InChI is InChI=1S/C20H29N3O3/c1-3-18-15-22(19(25)10-7-12-21-16(2)24)13-11-20(26)23(18)14-17-8-5-4-6-9-17/h4-6,8-9,18H,3,7,10-15H2,1-2H3,(H,21,24)/t18-/m1/s1. The number of carbonyl (C=O) groups is 3. The van der Waals surface area contributed by atoms with Crippen LogP contribution >= 0.6 is 0 Å². The van der Waals surface area contributed by atoms with Crippen LogP contribution < -0.4 is 5.32 Å². The van der Waals surface area contributed by atoms with Crippen LogP contribution in [0.3, 0.4) is 0 Å². The van der Waals surface area contributed by atoms with E-state index in [1.165, 1.54) is 6.92 Å². The Morgan fingerprint density at radius 1 is 1.23 bits per heavy atom. The minimum absolute atomic E-state index is 0.0319. The highest BCUT2D eigenvalue weighted by atomic mass is 16.2. The average molecular weight is 359 g/mol. The van der Waals surface area contributed by atoms with Crippen molar-refractivity contribution in [2.45, 2.75) is 52.1 Å². The van der Waals surface area contributed by atoms with Gasteiger partial charge in [-0.25, -0.2) is 0 Å². The minimum atomic E-state index is -0.0829. The van der Waals surface area contributed by atoms with Gasteiger partial charge in [0, 0.05) is 52.0 Å². The Morgan fingerprint density at radius 3 is 2.62 bits per heavy atom. The van der Waals surface area contributed by atoms with Crippen molar-refractivity contribution in [3.05, 3.63) is 35.9 Å². The van der Waals surface area contributed by atoms with Crippen LogP contribution in [0.2, 0.25) is 0 Å². The molecular formula is C20H29N3O3. The Bertz CT molecular complexity index is 618. The number of hydrogen-bond acceptors (Lipinski definition) is 3. The van der Waals surface area contributed by atoms with Crippen LogP contribution in [-0.2, 0) is 20.9 Å². The first-order valence-corrected chi connectivity index (χ1v) is 9.36. The van der Waals surface area contributed by atoms with E-state index in [4.69, 9.17) is 0 Å². The third-order valence-corrected chi connectivity index (χ3v) is 4.75. The second-order valence-corrected chi connectivity index (χ2v) is 6.75. The third-order valence-electron chi connectivity index (χ3n) is 4.75. The number of nitrogens with zero attached hydrogens (tertiary/aromatic N) is 2. The molecule has 1 aromatic carbocycles. The van der Waals surface area contributed by atoms with Gasteiger partial charge in [-0.3, -0.25) is 14.4 Å². The summed E-state index contributed by atoms with van der Waals surface area (Å²) in [7, 11) is 0. The highest BCUT2D eigenvalue weighted by molar-refractivity contribution is 5.80. The van der Waals surface area contributed by atoms with E-state index in [0.29, 0.717) is 45.4 Å². The van der Waals surface area contributed by atoms with Crippen molar-refractivity contribution in [2.75, 3.05) is 19.6 Å². The first kappa shape index (κ1) is 19.9. The number of benzene rings is 1. The van der Waals surface area contributed by atoms with E-state index in [0.717, 1.165) is 12.0 Å². The van der Waals surface area contributed by atoms with E-state index in [-0.39, 0.29) is 23.8 Å². The fraction of sp³-hybridized carbons (Fsp3) is 0.550. The van der Waals surface area contributed by atoms with E-state index in [1.807, 2.05) is 40.1 Å². The Kier molecular flexibility index (Phi) is 7.63. The Morgan fingerprint density at radius 2 is 1.96 bits per heavy atom. The lowest BCUT2D eigenvalue weighted by Gasteiger charge is -2.31. The van der Waals surface area contributed by atoms with Crippen molar-refractivity contribution in [3.8, 4) is 0 Å². The summed E-state index contributed by atoms with van der Waals surface area (Å²) in [6, 6.07) is 10.00. The molecular weight excluding hydrogens is 330 g/mol. The van der Waals surface area contributed by atoms with Gasteiger partial charge >= 0.3 is 0 Å². The maximum Gasteiger partial charge on any atom is 0.224 e. The molecule has 3 amide bonds. The van der Waals surface area contributed by atoms with Crippen LogP contribution in [0.5, 0.6) is 0 Å². The highest BCUT2D eigenvalue weighted by Crippen LogP contribution is 2.18. The molecule has 0 radical (unpaired) electrons. The molecule has 1 aliphatic rings. The molecule has 26 heavy (non-hydrogen) atoms. The quantitative estimate of drug-likeness (QED) is 0.757. The van der Waals surface area contributed by atoms with Crippen LogP contribution in [0.15, 0.2) is 30.3 Å². The normalized spacial score (nSPS) is 17.8. The SMILES string of the molecule is CC[C@@H]1CN(C(=O)CCCNC(C)=O)CCC(=O)N1Cc1ccccc1. The number of amides is 3. The van der Waals surface area contributed by atoms with Crippen LogP contribution in [0.4, 0.5) is 0 Å². The highest BCUT2D eigenvalue weighted by Gasteiger charge is 2.30. The molecule has 2 rings (SSSR count). The lowest BCUT2D eigenvalue weighted by molar-refractivity contribution is -0.133. The topological polar surface area (TPSA) is 69.7 Å². The predicted molar refractivity (Wildman–Crippen MR) is 100 cm³/mol. The lowest BCUT2D eigenvalue weighted by Crippen LogP contribution is -2.43. The molecule has 0 aromatic heterocycles. The Balaban J connectivity index is 1.96. The van der Waals surface area contributed by atoms with Gasteiger partial charge in [0.1, 0.15) is 0 Å². The zero-order valence-corrected chi connectivity index (χ0v) is 15.7.